The maximum Gasteiger partial charge on any atom is 0.295 e. The first-order valence-electron chi connectivity index (χ1n) is 7.19. The highest BCUT2D eigenvalue weighted by molar-refractivity contribution is 5.76. The summed E-state index contributed by atoms with van der Waals surface area (Å²) in [5.41, 5.74) is 7.42. The fourth-order valence-corrected chi connectivity index (χ4v) is 3.06. The number of carbonyl (C=O) groups excluding carboxylic acids is 1. The smallest absolute Gasteiger partial charge is 0.295 e. The van der Waals surface area contributed by atoms with E-state index in [1.54, 1.807) is 0 Å². The van der Waals surface area contributed by atoms with Crippen molar-refractivity contribution in [3.63, 3.8) is 0 Å². The third-order valence-electron chi connectivity index (χ3n) is 4.34. The van der Waals surface area contributed by atoms with Crippen molar-refractivity contribution >= 4 is 17.8 Å². The molecule has 3 rings (SSSR count). The molecular weight excluding hydrogens is 262 g/mol. The second-order valence-electron chi connectivity index (χ2n) is 5.51. The molecule has 0 radical (unpaired) electrons. The fraction of sp³-hybridized carbons (Fsp3) is 0.278. The molecule has 0 saturated heterocycles. The summed E-state index contributed by atoms with van der Waals surface area (Å²) in [5.74, 6) is 0. The molecule has 0 spiro atoms. The summed E-state index contributed by atoms with van der Waals surface area (Å²) in [5, 5.41) is 0. The van der Waals surface area contributed by atoms with Crippen molar-refractivity contribution in [3.05, 3.63) is 58.7 Å². The highest BCUT2D eigenvalue weighted by Crippen LogP contribution is 2.41. The van der Waals surface area contributed by atoms with Crippen LogP contribution in [0.2, 0.25) is 0 Å². The molecule has 2 aromatic carbocycles. The Bertz CT molecular complexity index is 694. The average molecular weight is 281 g/mol. The normalized spacial score (nSPS) is 14.1. The van der Waals surface area contributed by atoms with Gasteiger partial charge in [-0.15, -0.1) is 0 Å². The molecule has 21 heavy (non-hydrogen) atoms. The number of benzene rings is 2. The number of hydrogen-bond donors (Lipinski definition) is 0. The van der Waals surface area contributed by atoms with Crippen LogP contribution in [0.1, 0.15) is 29.2 Å². The SMILES string of the molecule is Cc1ccc2c(c1C)Cc1ccccc1N2C(C)OC=O. The van der Waals surface area contributed by atoms with E-state index in [1.165, 1.54) is 22.3 Å². The Morgan fingerprint density at radius 2 is 1.90 bits per heavy atom. The van der Waals surface area contributed by atoms with Crippen LogP contribution in [-0.4, -0.2) is 12.7 Å². The Hall–Kier alpha value is -2.29. The topological polar surface area (TPSA) is 29.5 Å². The van der Waals surface area contributed by atoms with Crippen LogP contribution in [0.25, 0.3) is 0 Å². The second kappa shape index (κ2) is 5.24. The van der Waals surface area contributed by atoms with Crippen LogP contribution in [0.3, 0.4) is 0 Å². The Kier molecular flexibility index (Phi) is 3.42. The van der Waals surface area contributed by atoms with Gasteiger partial charge in [0.05, 0.1) is 0 Å². The lowest BCUT2D eigenvalue weighted by molar-refractivity contribution is -0.132. The van der Waals surface area contributed by atoms with Crippen molar-refractivity contribution in [3.8, 4) is 0 Å². The van der Waals surface area contributed by atoms with Crippen molar-refractivity contribution in [1.29, 1.82) is 0 Å². The van der Waals surface area contributed by atoms with Crippen molar-refractivity contribution < 1.29 is 9.53 Å². The molecule has 2 aromatic rings. The molecule has 0 amide bonds. The Balaban J connectivity index is 2.20. The lowest BCUT2D eigenvalue weighted by Crippen LogP contribution is -2.34. The van der Waals surface area contributed by atoms with Gasteiger partial charge in [-0.1, -0.05) is 24.3 Å². The molecule has 3 nitrogen and oxygen atoms in total. The van der Waals surface area contributed by atoms with Gasteiger partial charge in [-0.05, 0) is 55.2 Å². The molecule has 1 aliphatic rings. The number of para-hydroxylation sites is 1. The number of nitrogens with zero attached hydrogens (tertiary/aromatic N) is 1. The zero-order valence-electron chi connectivity index (χ0n) is 12.6. The highest BCUT2D eigenvalue weighted by Gasteiger charge is 2.28. The van der Waals surface area contributed by atoms with Gasteiger partial charge in [0, 0.05) is 17.8 Å². The van der Waals surface area contributed by atoms with Gasteiger partial charge in [0.1, 0.15) is 0 Å². The quantitative estimate of drug-likeness (QED) is 0.800. The summed E-state index contributed by atoms with van der Waals surface area (Å²) >= 11 is 0. The summed E-state index contributed by atoms with van der Waals surface area (Å²) < 4.78 is 5.21. The lowest BCUT2D eigenvalue weighted by atomic mass is 9.90. The van der Waals surface area contributed by atoms with E-state index in [4.69, 9.17) is 4.74 Å². The Morgan fingerprint density at radius 3 is 2.67 bits per heavy atom. The van der Waals surface area contributed by atoms with E-state index >= 15 is 0 Å². The molecule has 0 bridgehead atoms. The molecule has 108 valence electrons. The van der Waals surface area contributed by atoms with Gasteiger partial charge in [-0.2, -0.15) is 0 Å². The second-order valence-corrected chi connectivity index (χ2v) is 5.51. The van der Waals surface area contributed by atoms with Crippen LogP contribution in [0, 0.1) is 13.8 Å². The number of rotatable bonds is 3. The van der Waals surface area contributed by atoms with Crippen molar-refractivity contribution in [1.82, 2.24) is 0 Å². The fourth-order valence-electron chi connectivity index (χ4n) is 3.06. The van der Waals surface area contributed by atoms with E-state index in [9.17, 15) is 4.79 Å². The van der Waals surface area contributed by atoms with Crippen LogP contribution < -0.4 is 4.90 Å². The van der Waals surface area contributed by atoms with Crippen LogP contribution in [0.15, 0.2) is 36.4 Å². The predicted molar refractivity (Wildman–Crippen MR) is 83.9 cm³/mol. The summed E-state index contributed by atoms with van der Waals surface area (Å²) in [7, 11) is 0. The number of fused-ring (bicyclic) bond motifs is 2. The summed E-state index contributed by atoms with van der Waals surface area (Å²) in [6.45, 7) is 6.70. The van der Waals surface area contributed by atoms with Gasteiger partial charge >= 0.3 is 0 Å². The van der Waals surface area contributed by atoms with E-state index in [0.717, 1.165) is 17.8 Å². The number of carbonyl (C=O) groups is 1. The molecule has 0 aliphatic carbocycles. The van der Waals surface area contributed by atoms with Gasteiger partial charge in [0.15, 0.2) is 6.23 Å². The first-order valence-corrected chi connectivity index (χ1v) is 7.19. The third-order valence-corrected chi connectivity index (χ3v) is 4.34. The molecule has 0 aromatic heterocycles. The minimum atomic E-state index is -0.329. The molecular formula is C18H19NO2. The minimum Gasteiger partial charge on any atom is -0.444 e. The Morgan fingerprint density at radius 1 is 1.14 bits per heavy atom. The zero-order valence-corrected chi connectivity index (χ0v) is 12.6. The largest absolute Gasteiger partial charge is 0.444 e. The predicted octanol–water partition coefficient (Wildman–Crippen LogP) is 3.86. The van der Waals surface area contributed by atoms with Crippen LogP contribution in [0.4, 0.5) is 11.4 Å². The Labute approximate surface area is 125 Å². The monoisotopic (exact) mass is 281 g/mol. The molecule has 1 heterocycles. The van der Waals surface area contributed by atoms with Gasteiger partial charge in [-0.3, -0.25) is 4.79 Å². The number of anilines is 2. The van der Waals surface area contributed by atoms with Gasteiger partial charge in [0.25, 0.3) is 6.47 Å². The van der Waals surface area contributed by atoms with Gasteiger partial charge in [0.2, 0.25) is 0 Å². The lowest BCUT2D eigenvalue weighted by Gasteiger charge is -2.37. The van der Waals surface area contributed by atoms with E-state index in [1.807, 2.05) is 13.0 Å². The van der Waals surface area contributed by atoms with Crippen molar-refractivity contribution in [2.24, 2.45) is 0 Å². The van der Waals surface area contributed by atoms with Crippen molar-refractivity contribution in [2.75, 3.05) is 4.90 Å². The summed E-state index contributed by atoms with van der Waals surface area (Å²) in [4.78, 5) is 12.9. The van der Waals surface area contributed by atoms with E-state index in [0.29, 0.717) is 6.47 Å². The maximum atomic E-state index is 10.8. The number of ether oxygens (including phenoxy) is 1. The number of hydrogen-bond acceptors (Lipinski definition) is 3. The third kappa shape index (κ3) is 2.19. The maximum absolute atomic E-state index is 10.8. The first kappa shape index (κ1) is 13.7. The molecule has 0 fully saturated rings. The minimum absolute atomic E-state index is 0.329. The molecule has 1 atom stereocenters. The summed E-state index contributed by atoms with van der Waals surface area (Å²) in [6.07, 6.45) is 0.591. The van der Waals surface area contributed by atoms with Gasteiger partial charge in [-0.25, -0.2) is 0 Å². The average Bonchev–Trinajstić information content (AvgIpc) is 2.49. The molecule has 0 N–H and O–H groups in total. The molecule has 3 heteroatoms. The zero-order chi connectivity index (χ0) is 15.0. The van der Waals surface area contributed by atoms with E-state index in [-0.39, 0.29) is 6.23 Å². The molecule has 1 aliphatic heterocycles. The van der Waals surface area contributed by atoms with Crippen molar-refractivity contribution in [2.45, 2.75) is 33.4 Å². The van der Waals surface area contributed by atoms with E-state index in [2.05, 4.69) is 49.1 Å². The van der Waals surface area contributed by atoms with E-state index < -0.39 is 0 Å². The summed E-state index contributed by atoms with van der Waals surface area (Å²) in [6, 6.07) is 12.5. The van der Waals surface area contributed by atoms with Crippen LogP contribution >= 0.6 is 0 Å². The molecule has 1 unspecified atom stereocenters. The highest BCUT2D eigenvalue weighted by atomic mass is 16.5. The van der Waals surface area contributed by atoms with Gasteiger partial charge < -0.3 is 9.64 Å². The molecule has 0 saturated carbocycles. The standard InChI is InChI=1S/C18H19NO2/c1-12-8-9-18-16(13(12)2)10-15-6-4-5-7-17(15)19(18)14(3)21-11-20/h4-9,11,14H,10H2,1-3H3. The first-order chi connectivity index (χ1) is 10.1. The number of aryl methyl sites for hydroxylation is 1. The van der Waals surface area contributed by atoms with Crippen LogP contribution in [-0.2, 0) is 16.0 Å². The van der Waals surface area contributed by atoms with Crippen LogP contribution in [0.5, 0.6) is 0 Å².